The fourth-order valence-electron chi connectivity index (χ4n) is 2.97. The summed E-state index contributed by atoms with van der Waals surface area (Å²) in [5, 5.41) is 5.87. The lowest BCUT2D eigenvalue weighted by Crippen LogP contribution is -2.28. The van der Waals surface area contributed by atoms with Crippen LogP contribution in [-0.4, -0.2) is 27.6 Å². The van der Waals surface area contributed by atoms with Gasteiger partial charge in [-0.15, -0.1) is 0 Å². The number of nitrogens with zero attached hydrogens (tertiary/aromatic N) is 2. The number of thioether (sulfide) groups is 1. The second-order valence-corrected chi connectivity index (χ2v) is 6.99. The van der Waals surface area contributed by atoms with Crippen LogP contribution in [0, 0.1) is 0 Å². The molecule has 0 bridgehead atoms. The molecule has 0 radical (unpaired) electrons. The highest BCUT2D eigenvalue weighted by molar-refractivity contribution is 7.98. The highest BCUT2D eigenvalue weighted by atomic mass is 32.2. The Morgan fingerprint density at radius 2 is 2.21 bits per heavy atom. The average Bonchev–Trinajstić information content (AvgIpc) is 3.02. The molecule has 5 nitrogen and oxygen atoms in total. The number of aromatic nitrogens is 2. The van der Waals surface area contributed by atoms with Crippen molar-refractivity contribution in [3.05, 3.63) is 47.5 Å². The van der Waals surface area contributed by atoms with E-state index >= 15 is 0 Å². The van der Waals surface area contributed by atoms with Gasteiger partial charge in [0, 0.05) is 24.8 Å². The van der Waals surface area contributed by atoms with E-state index in [1.54, 1.807) is 11.8 Å². The number of amides is 2. The number of hydrogen-bond acceptors (Lipinski definition) is 3. The molecular formula is C18H24N4OS. The topological polar surface area (TPSA) is 59.0 Å². The quantitative estimate of drug-likeness (QED) is 0.844. The minimum absolute atomic E-state index is 0.183. The average molecular weight is 344 g/mol. The van der Waals surface area contributed by atoms with E-state index < -0.39 is 0 Å². The molecule has 2 amide bonds. The molecule has 0 unspecified atom stereocenters. The van der Waals surface area contributed by atoms with Crippen molar-refractivity contribution in [2.24, 2.45) is 0 Å². The second-order valence-electron chi connectivity index (χ2n) is 6.01. The van der Waals surface area contributed by atoms with Crippen molar-refractivity contribution in [3.63, 3.8) is 0 Å². The van der Waals surface area contributed by atoms with E-state index in [2.05, 4.69) is 38.7 Å². The summed E-state index contributed by atoms with van der Waals surface area (Å²) in [4.78, 5) is 16.8. The van der Waals surface area contributed by atoms with Crippen molar-refractivity contribution in [3.8, 4) is 0 Å². The van der Waals surface area contributed by atoms with Gasteiger partial charge in [-0.2, -0.15) is 11.8 Å². The number of aryl methyl sites for hydroxylation is 3. The van der Waals surface area contributed by atoms with Gasteiger partial charge in [-0.25, -0.2) is 9.78 Å². The Balaban J connectivity index is 1.55. The fraction of sp³-hybridized carbons (Fsp3) is 0.444. The van der Waals surface area contributed by atoms with Gasteiger partial charge in [-0.1, -0.05) is 18.2 Å². The Kier molecular flexibility index (Phi) is 5.80. The lowest BCUT2D eigenvalue weighted by molar-refractivity contribution is 0.251. The minimum Gasteiger partial charge on any atom is -0.335 e. The maximum absolute atomic E-state index is 12.2. The number of urea groups is 1. The van der Waals surface area contributed by atoms with Crippen molar-refractivity contribution in [1.29, 1.82) is 0 Å². The monoisotopic (exact) mass is 344 g/mol. The van der Waals surface area contributed by atoms with E-state index in [0.717, 1.165) is 42.3 Å². The lowest BCUT2D eigenvalue weighted by Gasteiger charge is -2.11. The molecule has 1 aliphatic heterocycles. The molecule has 1 aromatic heterocycles. The summed E-state index contributed by atoms with van der Waals surface area (Å²) >= 11 is 1.81. The highest BCUT2D eigenvalue weighted by Crippen LogP contribution is 2.17. The molecule has 1 aliphatic rings. The van der Waals surface area contributed by atoms with Crippen LogP contribution in [0.4, 0.5) is 10.5 Å². The highest BCUT2D eigenvalue weighted by Gasteiger charge is 2.13. The van der Waals surface area contributed by atoms with Crippen molar-refractivity contribution < 1.29 is 4.79 Å². The van der Waals surface area contributed by atoms with Crippen LogP contribution in [-0.2, 0) is 25.9 Å². The number of carbonyl (C=O) groups excluding carboxylic acids is 1. The number of carbonyl (C=O) groups is 1. The molecule has 128 valence electrons. The van der Waals surface area contributed by atoms with Gasteiger partial charge >= 0.3 is 6.03 Å². The predicted octanol–water partition coefficient (Wildman–Crippen LogP) is 3.45. The number of benzene rings is 1. The van der Waals surface area contributed by atoms with E-state index in [0.29, 0.717) is 6.54 Å². The number of nitrogens with one attached hydrogen (secondary N) is 2. The molecule has 2 heterocycles. The Morgan fingerprint density at radius 1 is 1.33 bits per heavy atom. The Hall–Kier alpha value is -1.95. The van der Waals surface area contributed by atoms with Crippen LogP contribution in [0.5, 0.6) is 0 Å². The summed E-state index contributed by atoms with van der Waals surface area (Å²) < 4.78 is 2.20. The third-order valence-corrected chi connectivity index (χ3v) is 4.84. The number of rotatable bonds is 6. The largest absolute Gasteiger partial charge is 0.335 e. The van der Waals surface area contributed by atoms with Gasteiger partial charge in [-0.05, 0) is 42.9 Å². The number of fused-ring (bicyclic) bond motifs is 1. The van der Waals surface area contributed by atoms with Crippen molar-refractivity contribution in [2.45, 2.75) is 38.8 Å². The zero-order chi connectivity index (χ0) is 16.8. The molecule has 2 aromatic rings. The first-order chi connectivity index (χ1) is 11.8. The van der Waals surface area contributed by atoms with E-state index in [4.69, 9.17) is 0 Å². The molecule has 0 spiro atoms. The third kappa shape index (κ3) is 4.32. The summed E-state index contributed by atoms with van der Waals surface area (Å²) in [7, 11) is 0. The Bertz CT molecular complexity index is 675. The number of imidazole rings is 1. The van der Waals surface area contributed by atoms with Crippen LogP contribution >= 0.6 is 11.8 Å². The zero-order valence-electron chi connectivity index (χ0n) is 14.0. The van der Waals surface area contributed by atoms with Gasteiger partial charge < -0.3 is 15.2 Å². The first kappa shape index (κ1) is 16.9. The molecule has 1 aromatic carbocycles. The van der Waals surface area contributed by atoms with Crippen LogP contribution in [0.1, 0.15) is 29.9 Å². The fourth-order valence-corrected chi connectivity index (χ4v) is 3.39. The van der Waals surface area contributed by atoms with Gasteiger partial charge in [0.05, 0.1) is 12.2 Å². The first-order valence-electron chi connectivity index (χ1n) is 8.43. The van der Waals surface area contributed by atoms with Crippen molar-refractivity contribution in [1.82, 2.24) is 14.9 Å². The second kappa shape index (κ2) is 8.24. The number of hydrogen-bond donors (Lipinski definition) is 2. The zero-order valence-corrected chi connectivity index (χ0v) is 14.9. The number of para-hydroxylation sites is 1. The molecule has 2 N–H and O–H groups in total. The van der Waals surface area contributed by atoms with Crippen LogP contribution in [0.25, 0.3) is 0 Å². The van der Waals surface area contributed by atoms with Gasteiger partial charge in [0.2, 0.25) is 0 Å². The summed E-state index contributed by atoms with van der Waals surface area (Å²) in [5.74, 6) is 2.18. The lowest BCUT2D eigenvalue weighted by atomic mass is 10.1. The van der Waals surface area contributed by atoms with E-state index in [1.165, 1.54) is 18.4 Å². The summed E-state index contributed by atoms with van der Waals surface area (Å²) in [6.07, 6.45) is 8.55. The van der Waals surface area contributed by atoms with E-state index in [9.17, 15) is 4.79 Å². The smallest absolute Gasteiger partial charge is 0.319 e. The van der Waals surface area contributed by atoms with Gasteiger partial charge in [-0.3, -0.25) is 0 Å². The summed E-state index contributed by atoms with van der Waals surface area (Å²) in [6, 6.07) is 7.79. The van der Waals surface area contributed by atoms with E-state index in [1.807, 2.05) is 18.2 Å². The SMILES string of the molecule is CSCCc1ccccc1NC(=O)NCc1cn2c(n1)CCCC2. The van der Waals surface area contributed by atoms with Gasteiger partial charge in [0.25, 0.3) is 0 Å². The molecule has 0 saturated heterocycles. The molecule has 24 heavy (non-hydrogen) atoms. The normalized spacial score (nSPS) is 13.4. The predicted molar refractivity (Wildman–Crippen MR) is 99.6 cm³/mol. The van der Waals surface area contributed by atoms with Gasteiger partial charge in [0.15, 0.2) is 0 Å². The van der Waals surface area contributed by atoms with Crippen LogP contribution in [0.3, 0.4) is 0 Å². The maximum Gasteiger partial charge on any atom is 0.319 e. The maximum atomic E-state index is 12.2. The third-order valence-electron chi connectivity index (χ3n) is 4.23. The molecular weight excluding hydrogens is 320 g/mol. The minimum atomic E-state index is -0.183. The summed E-state index contributed by atoms with van der Waals surface area (Å²) in [6.45, 7) is 1.50. The molecule has 0 fully saturated rings. The first-order valence-corrected chi connectivity index (χ1v) is 9.82. The van der Waals surface area contributed by atoms with E-state index in [-0.39, 0.29) is 6.03 Å². The van der Waals surface area contributed by atoms with Crippen LogP contribution in [0.15, 0.2) is 30.5 Å². The molecule has 0 atom stereocenters. The molecule has 3 rings (SSSR count). The van der Waals surface area contributed by atoms with Crippen LogP contribution in [0.2, 0.25) is 0 Å². The van der Waals surface area contributed by atoms with Crippen molar-refractivity contribution in [2.75, 3.05) is 17.3 Å². The Morgan fingerprint density at radius 3 is 3.04 bits per heavy atom. The molecule has 0 saturated carbocycles. The molecule has 6 heteroatoms. The standard InChI is InChI=1S/C18H24N4OS/c1-24-11-9-14-6-2-3-7-16(14)21-18(23)19-12-15-13-22-10-5-4-8-17(22)20-15/h2-3,6-7,13H,4-5,8-12H2,1H3,(H2,19,21,23). The van der Waals surface area contributed by atoms with Crippen molar-refractivity contribution >= 4 is 23.5 Å². The molecule has 0 aliphatic carbocycles. The summed E-state index contributed by atoms with van der Waals surface area (Å²) in [5.41, 5.74) is 2.98. The van der Waals surface area contributed by atoms with Gasteiger partial charge in [0.1, 0.15) is 5.82 Å². The Labute approximate surface area is 147 Å². The number of anilines is 1. The van der Waals surface area contributed by atoms with Crippen LogP contribution < -0.4 is 10.6 Å².